The van der Waals surface area contributed by atoms with Gasteiger partial charge in [0.15, 0.2) is 0 Å². The van der Waals surface area contributed by atoms with Gasteiger partial charge in [0.2, 0.25) is 17.7 Å². The molecule has 3 fully saturated rings. The summed E-state index contributed by atoms with van der Waals surface area (Å²) in [6.07, 6.45) is 1.52. The highest BCUT2D eigenvalue weighted by Crippen LogP contribution is 2.40. The molecule has 2 aromatic rings. The lowest BCUT2D eigenvalue weighted by molar-refractivity contribution is -0.144. The van der Waals surface area contributed by atoms with E-state index < -0.39 is 47.1 Å². The van der Waals surface area contributed by atoms with Gasteiger partial charge in [-0.2, -0.15) is 0 Å². The molecule has 3 heterocycles. The van der Waals surface area contributed by atoms with E-state index in [1.807, 2.05) is 60.6 Å². The number of nitrogens with one attached hydrogen (secondary N) is 2. The van der Waals surface area contributed by atoms with Gasteiger partial charge in [0.1, 0.15) is 23.5 Å². The maximum absolute atomic E-state index is 14.3. The van der Waals surface area contributed by atoms with Gasteiger partial charge in [-0.25, -0.2) is 9.18 Å². The van der Waals surface area contributed by atoms with E-state index in [1.54, 1.807) is 35.2 Å². The van der Waals surface area contributed by atoms with E-state index in [4.69, 9.17) is 4.74 Å². The summed E-state index contributed by atoms with van der Waals surface area (Å²) in [6.45, 7) is 15.9. The normalized spacial score (nSPS) is 21.9. The standard InChI is InChI=1S/C40H56FN5O6/c1-26(27-12-14-28(15-13-27)30-10-8-9-11-31(30)41)42-35(49)32-22-29(47)23-46(32)36(50)34(38(2,3)4)43-33(48)24-44-19-16-40(25-44)17-20-45(21-18-40)37(51)52-39(5,6)7/h8-15,26,29,32,34,47H,16-25H2,1-7H3,(H,42,49)(H,43,48)/t26-,29+,32-,34+/m0/s1. The minimum atomic E-state index is -0.919. The minimum Gasteiger partial charge on any atom is -0.444 e. The number of amides is 4. The van der Waals surface area contributed by atoms with Crippen molar-refractivity contribution in [3.8, 4) is 11.1 Å². The van der Waals surface area contributed by atoms with Crippen LogP contribution in [0.2, 0.25) is 0 Å². The van der Waals surface area contributed by atoms with Crippen molar-refractivity contribution < 1.29 is 33.4 Å². The van der Waals surface area contributed by atoms with Crippen LogP contribution in [0.4, 0.5) is 9.18 Å². The first-order chi connectivity index (χ1) is 24.3. The summed E-state index contributed by atoms with van der Waals surface area (Å²) in [7, 11) is 0. The molecule has 1 spiro atoms. The third-order valence-corrected chi connectivity index (χ3v) is 10.6. The lowest BCUT2D eigenvalue weighted by Crippen LogP contribution is -2.58. The molecule has 12 heteroatoms. The first kappa shape index (κ1) is 39.2. The van der Waals surface area contributed by atoms with Crippen LogP contribution in [-0.4, -0.2) is 107 Å². The number of aliphatic hydroxyl groups is 1. The van der Waals surface area contributed by atoms with Crippen LogP contribution in [0.25, 0.3) is 11.1 Å². The molecule has 0 aromatic heterocycles. The van der Waals surface area contributed by atoms with Gasteiger partial charge in [-0.15, -0.1) is 0 Å². The maximum atomic E-state index is 14.3. The van der Waals surface area contributed by atoms with Gasteiger partial charge >= 0.3 is 6.09 Å². The molecule has 3 aliphatic heterocycles. The third-order valence-electron chi connectivity index (χ3n) is 10.6. The fourth-order valence-electron chi connectivity index (χ4n) is 7.63. The zero-order valence-corrected chi connectivity index (χ0v) is 31.7. The van der Waals surface area contributed by atoms with E-state index in [9.17, 15) is 28.7 Å². The number of halogens is 1. The molecule has 4 amide bonds. The number of aliphatic hydroxyl groups excluding tert-OH is 1. The van der Waals surface area contributed by atoms with Crippen molar-refractivity contribution in [2.24, 2.45) is 10.8 Å². The summed E-state index contributed by atoms with van der Waals surface area (Å²) in [6, 6.07) is 11.6. The average molecular weight is 722 g/mol. The molecule has 2 aromatic carbocycles. The molecule has 0 unspecified atom stereocenters. The summed E-state index contributed by atoms with van der Waals surface area (Å²) in [4.78, 5) is 59.1. The number of hydrogen-bond donors (Lipinski definition) is 3. The van der Waals surface area contributed by atoms with Gasteiger partial charge in [-0.3, -0.25) is 19.3 Å². The predicted octanol–water partition coefficient (Wildman–Crippen LogP) is 4.89. The Kier molecular flexibility index (Phi) is 11.7. The lowest BCUT2D eigenvalue weighted by atomic mass is 9.78. The number of carbonyl (C=O) groups excluding carboxylic acids is 4. The number of rotatable bonds is 8. The van der Waals surface area contributed by atoms with Crippen LogP contribution in [0.3, 0.4) is 0 Å². The molecule has 0 saturated carbocycles. The minimum absolute atomic E-state index is 0.0138. The summed E-state index contributed by atoms with van der Waals surface area (Å²) in [5.41, 5.74) is 0.830. The molecule has 3 aliphatic rings. The molecule has 52 heavy (non-hydrogen) atoms. The first-order valence-corrected chi connectivity index (χ1v) is 18.5. The number of nitrogens with zero attached hydrogens (tertiary/aromatic N) is 3. The highest BCUT2D eigenvalue weighted by atomic mass is 19.1. The molecule has 0 bridgehead atoms. The van der Waals surface area contributed by atoms with Crippen LogP contribution in [0, 0.1) is 16.6 Å². The summed E-state index contributed by atoms with van der Waals surface area (Å²) >= 11 is 0. The number of piperidine rings is 1. The van der Waals surface area contributed by atoms with E-state index in [1.165, 1.54) is 11.0 Å². The molecule has 11 nitrogen and oxygen atoms in total. The number of ether oxygens (including phenoxy) is 1. The molecule has 4 atom stereocenters. The Hall–Kier alpha value is -4.03. The number of β-amino-alcohol motifs (C(OH)–C–C–N with tert-alkyl or cyclic N) is 1. The average Bonchev–Trinajstić information content (AvgIpc) is 3.65. The largest absolute Gasteiger partial charge is 0.444 e. The molecule has 3 saturated heterocycles. The number of carbonyl (C=O) groups is 4. The highest BCUT2D eigenvalue weighted by molar-refractivity contribution is 5.93. The molecule has 3 N–H and O–H groups in total. The van der Waals surface area contributed by atoms with E-state index in [0.717, 1.165) is 43.5 Å². The van der Waals surface area contributed by atoms with Crippen LogP contribution in [0.15, 0.2) is 48.5 Å². The summed E-state index contributed by atoms with van der Waals surface area (Å²) < 4.78 is 19.8. The fourth-order valence-corrected chi connectivity index (χ4v) is 7.63. The molecule has 284 valence electrons. The van der Waals surface area contributed by atoms with Gasteiger partial charge in [0.05, 0.1) is 18.7 Å². The van der Waals surface area contributed by atoms with Gasteiger partial charge in [-0.05, 0) is 81.5 Å². The monoisotopic (exact) mass is 721 g/mol. The van der Waals surface area contributed by atoms with Crippen LogP contribution in [-0.2, 0) is 19.1 Å². The predicted molar refractivity (Wildman–Crippen MR) is 196 cm³/mol. The highest BCUT2D eigenvalue weighted by Gasteiger charge is 2.46. The lowest BCUT2D eigenvalue weighted by Gasteiger charge is -2.39. The molecule has 0 radical (unpaired) electrons. The Bertz CT molecular complexity index is 1610. The third kappa shape index (κ3) is 9.49. The molecule has 5 rings (SSSR count). The Morgan fingerprint density at radius 2 is 1.58 bits per heavy atom. The second kappa shape index (κ2) is 15.5. The van der Waals surface area contributed by atoms with Gasteiger partial charge in [0, 0.05) is 38.2 Å². The SMILES string of the molecule is C[C@H](NC(=O)[C@@H]1C[C@@H](O)CN1C(=O)[C@@H](NC(=O)CN1CCC2(CCN(C(=O)OC(C)(C)C)CC2)C1)C(C)(C)C)c1ccc(-c2ccccc2F)cc1. The van der Waals surface area contributed by atoms with E-state index >= 15 is 0 Å². The molecule has 0 aliphatic carbocycles. The maximum Gasteiger partial charge on any atom is 0.410 e. The topological polar surface area (TPSA) is 132 Å². The van der Waals surface area contributed by atoms with Crippen LogP contribution in [0.5, 0.6) is 0 Å². The van der Waals surface area contributed by atoms with Crippen LogP contribution >= 0.6 is 0 Å². The van der Waals surface area contributed by atoms with Gasteiger partial charge in [0.25, 0.3) is 0 Å². The first-order valence-electron chi connectivity index (χ1n) is 18.5. The van der Waals surface area contributed by atoms with Gasteiger partial charge < -0.3 is 30.3 Å². The second-order valence-electron chi connectivity index (χ2n) is 17.0. The van der Waals surface area contributed by atoms with E-state index in [-0.39, 0.29) is 42.7 Å². The fraction of sp³-hybridized carbons (Fsp3) is 0.600. The van der Waals surface area contributed by atoms with Crippen LogP contribution in [0.1, 0.15) is 85.8 Å². The Balaban J connectivity index is 1.17. The van der Waals surface area contributed by atoms with Crippen molar-refractivity contribution in [3.63, 3.8) is 0 Å². The molecular formula is C40H56FN5O6. The van der Waals surface area contributed by atoms with Crippen molar-refractivity contribution in [1.29, 1.82) is 0 Å². The Labute approximate surface area is 307 Å². The quantitative estimate of drug-likeness (QED) is 0.354. The van der Waals surface area contributed by atoms with Crippen molar-refractivity contribution in [3.05, 3.63) is 59.9 Å². The summed E-state index contributed by atoms with van der Waals surface area (Å²) in [5, 5.41) is 16.6. The number of likely N-dealkylation sites (tertiary alicyclic amines) is 3. The van der Waals surface area contributed by atoms with Crippen molar-refractivity contribution >= 4 is 23.8 Å². The van der Waals surface area contributed by atoms with Gasteiger partial charge in [-0.1, -0.05) is 63.2 Å². The van der Waals surface area contributed by atoms with Crippen molar-refractivity contribution in [2.75, 3.05) is 39.3 Å². The van der Waals surface area contributed by atoms with Crippen molar-refractivity contribution in [1.82, 2.24) is 25.3 Å². The smallest absolute Gasteiger partial charge is 0.410 e. The number of hydrogen-bond acceptors (Lipinski definition) is 7. The Morgan fingerprint density at radius 1 is 0.942 bits per heavy atom. The van der Waals surface area contributed by atoms with Crippen molar-refractivity contribution in [2.45, 2.75) is 104 Å². The molecular weight excluding hydrogens is 665 g/mol. The van der Waals surface area contributed by atoms with E-state index in [2.05, 4.69) is 15.5 Å². The van der Waals surface area contributed by atoms with E-state index in [0.29, 0.717) is 18.7 Å². The van der Waals surface area contributed by atoms with Crippen LogP contribution < -0.4 is 10.6 Å². The Morgan fingerprint density at radius 3 is 2.19 bits per heavy atom. The number of benzene rings is 2. The zero-order chi connectivity index (χ0) is 38.0. The zero-order valence-electron chi connectivity index (χ0n) is 31.7. The summed E-state index contributed by atoms with van der Waals surface area (Å²) in [5.74, 6) is -1.39. The second-order valence-corrected chi connectivity index (χ2v) is 17.0.